The molecule has 5 heteroatoms. The third-order valence-corrected chi connectivity index (χ3v) is 7.46. The molecule has 0 fully saturated rings. The predicted molar refractivity (Wildman–Crippen MR) is 98.0 cm³/mol. The van der Waals surface area contributed by atoms with Crippen molar-refractivity contribution in [3.05, 3.63) is 78.4 Å². The summed E-state index contributed by atoms with van der Waals surface area (Å²) in [7, 11) is 0. The number of carboxylic acids is 1. The van der Waals surface area contributed by atoms with Gasteiger partial charge in [-0.1, -0.05) is 0 Å². The zero-order valence-corrected chi connectivity index (χ0v) is 16.0. The molecule has 0 heterocycles. The van der Waals surface area contributed by atoms with Crippen molar-refractivity contribution in [3.8, 4) is 5.75 Å². The molecule has 0 unspecified atom stereocenters. The molecule has 0 aromatic heterocycles. The Balaban J connectivity index is 1.99. The molecule has 0 saturated heterocycles. The van der Waals surface area contributed by atoms with Gasteiger partial charge in [-0.2, -0.15) is 0 Å². The Morgan fingerprint density at radius 3 is 1.83 bits per heavy atom. The van der Waals surface area contributed by atoms with E-state index in [0.29, 0.717) is 4.46 Å². The Kier molecular flexibility index (Phi) is 5.39. The van der Waals surface area contributed by atoms with Crippen molar-refractivity contribution in [3.63, 3.8) is 0 Å². The van der Waals surface area contributed by atoms with E-state index in [1.54, 1.807) is 6.07 Å². The summed E-state index contributed by atoms with van der Waals surface area (Å²) in [4.78, 5) is 11.5. The summed E-state index contributed by atoms with van der Waals surface area (Å²) in [5, 5.41) is 19.8. The van der Waals surface area contributed by atoms with E-state index < -0.39 is 5.97 Å². The molecule has 0 bridgehead atoms. The minimum atomic E-state index is -1.09. The summed E-state index contributed by atoms with van der Waals surface area (Å²) >= 11 is -0.140. The molecule has 0 radical (unpaired) electrons. The van der Waals surface area contributed by atoms with Crippen LogP contribution in [0.3, 0.4) is 0 Å². The first-order valence-electron chi connectivity index (χ1n) is 7.19. The van der Waals surface area contributed by atoms with Crippen LogP contribution in [0.5, 0.6) is 5.75 Å². The predicted octanol–water partition coefficient (Wildman–Crippen LogP) is 0.400. The van der Waals surface area contributed by atoms with Crippen LogP contribution < -0.4 is 17.8 Å². The van der Waals surface area contributed by atoms with E-state index in [9.17, 15) is 15.0 Å². The summed E-state index contributed by atoms with van der Waals surface area (Å²) in [5.41, 5.74) is -0.0156. The SMILES string of the molecule is O=C(O)c1cc([Se]c2ccccc2)cc([Se]c2ccccc2)c1O. The van der Waals surface area contributed by atoms with Crippen LogP contribution in [0.1, 0.15) is 10.4 Å². The number of hydrogen-bond donors (Lipinski definition) is 2. The molecule has 2 N–H and O–H groups in total. The first kappa shape index (κ1) is 16.8. The van der Waals surface area contributed by atoms with Crippen LogP contribution in [-0.2, 0) is 0 Å². The van der Waals surface area contributed by atoms with Crippen LogP contribution in [0.4, 0.5) is 0 Å². The Hall–Kier alpha value is -2.03. The van der Waals surface area contributed by atoms with Crippen LogP contribution in [0.15, 0.2) is 72.8 Å². The molecule has 24 heavy (non-hydrogen) atoms. The first-order valence-corrected chi connectivity index (χ1v) is 10.6. The molecule has 3 aromatic rings. The zero-order valence-electron chi connectivity index (χ0n) is 12.5. The van der Waals surface area contributed by atoms with Gasteiger partial charge in [0.25, 0.3) is 0 Å². The summed E-state index contributed by atoms with van der Waals surface area (Å²) < 4.78 is 3.93. The molecule has 0 spiro atoms. The van der Waals surface area contributed by atoms with Gasteiger partial charge in [0.1, 0.15) is 0 Å². The van der Waals surface area contributed by atoms with Crippen LogP contribution in [0.2, 0.25) is 0 Å². The fourth-order valence-corrected chi connectivity index (χ4v) is 6.40. The zero-order chi connectivity index (χ0) is 16.9. The molecular weight excluding hydrogens is 434 g/mol. The molecule has 3 nitrogen and oxygen atoms in total. The van der Waals surface area contributed by atoms with Crippen LogP contribution in [0, 0.1) is 0 Å². The molecule has 3 rings (SSSR count). The van der Waals surface area contributed by atoms with E-state index in [-0.39, 0.29) is 41.2 Å². The Morgan fingerprint density at radius 1 is 0.750 bits per heavy atom. The van der Waals surface area contributed by atoms with Crippen molar-refractivity contribution in [2.45, 2.75) is 0 Å². The summed E-state index contributed by atoms with van der Waals surface area (Å²) in [6.45, 7) is 0. The number of carboxylic acid groups (broad SMARTS) is 1. The van der Waals surface area contributed by atoms with E-state index in [1.165, 1.54) is 4.46 Å². The van der Waals surface area contributed by atoms with Gasteiger partial charge < -0.3 is 0 Å². The summed E-state index contributed by atoms with van der Waals surface area (Å²) in [6, 6.07) is 23.4. The average molecular weight is 448 g/mol. The number of carbonyl (C=O) groups is 1. The van der Waals surface area contributed by atoms with Gasteiger partial charge in [0.2, 0.25) is 0 Å². The number of aromatic carboxylic acids is 1. The van der Waals surface area contributed by atoms with Crippen molar-refractivity contribution in [1.82, 2.24) is 0 Å². The fourth-order valence-electron chi connectivity index (χ4n) is 2.12. The van der Waals surface area contributed by atoms with Crippen molar-refractivity contribution in [1.29, 1.82) is 0 Å². The average Bonchev–Trinajstić information content (AvgIpc) is 2.59. The van der Waals surface area contributed by atoms with Crippen LogP contribution in [-0.4, -0.2) is 46.1 Å². The van der Waals surface area contributed by atoms with Gasteiger partial charge in [-0.05, 0) is 0 Å². The third kappa shape index (κ3) is 4.08. The van der Waals surface area contributed by atoms with Crippen LogP contribution >= 0.6 is 0 Å². The molecule has 0 atom stereocenters. The van der Waals surface area contributed by atoms with E-state index in [0.717, 1.165) is 8.92 Å². The van der Waals surface area contributed by atoms with Gasteiger partial charge >= 0.3 is 153 Å². The van der Waals surface area contributed by atoms with Gasteiger partial charge in [0.05, 0.1) is 0 Å². The summed E-state index contributed by atoms with van der Waals surface area (Å²) in [6.07, 6.45) is 0. The second-order valence-electron chi connectivity index (χ2n) is 4.95. The molecule has 120 valence electrons. The number of aromatic hydroxyl groups is 1. The Labute approximate surface area is 152 Å². The number of rotatable bonds is 5. The molecule has 0 amide bonds. The Morgan fingerprint density at radius 2 is 1.29 bits per heavy atom. The maximum atomic E-state index is 11.5. The monoisotopic (exact) mass is 450 g/mol. The van der Waals surface area contributed by atoms with Crippen molar-refractivity contribution < 1.29 is 15.0 Å². The third-order valence-electron chi connectivity index (χ3n) is 3.23. The summed E-state index contributed by atoms with van der Waals surface area (Å²) in [5.74, 6) is -1.21. The van der Waals surface area contributed by atoms with Gasteiger partial charge in [-0.3, -0.25) is 0 Å². The van der Waals surface area contributed by atoms with Crippen LogP contribution in [0.25, 0.3) is 0 Å². The van der Waals surface area contributed by atoms with E-state index in [1.807, 2.05) is 66.7 Å². The molecule has 0 aliphatic rings. The van der Waals surface area contributed by atoms with Crippen molar-refractivity contribution in [2.75, 3.05) is 0 Å². The standard InChI is InChI=1S/C19H14O3Se2/c20-18-16(19(21)22)11-15(23-13-7-3-1-4-8-13)12-17(18)24-14-9-5-2-6-10-14/h1-12,20H,(H,21,22). The normalized spacial score (nSPS) is 10.5. The molecule has 3 aromatic carbocycles. The molecule has 0 saturated carbocycles. The molecule has 0 aliphatic heterocycles. The van der Waals surface area contributed by atoms with Gasteiger partial charge in [0, 0.05) is 0 Å². The quantitative estimate of drug-likeness (QED) is 0.556. The fraction of sp³-hybridized carbons (Fsp3) is 0. The topological polar surface area (TPSA) is 57.5 Å². The minimum absolute atomic E-state index is 0.000672. The first-order chi connectivity index (χ1) is 11.6. The maximum absolute atomic E-state index is 11.5. The number of hydrogen-bond acceptors (Lipinski definition) is 2. The number of benzene rings is 3. The van der Waals surface area contributed by atoms with E-state index >= 15 is 0 Å². The van der Waals surface area contributed by atoms with Crippen molar-refractivity contribution >= 4 is 53.7 Å². The second-order valence-corrected chi connectivity index (χ2v) is 9.70. The molecule has 0 aliphatic carbocycles. The Bertz CT molecular complexity index is 849. The van der Waals surface area contributed by atoms with Gasteiger partial charge in [-0.15, -0.1) is 0 Å². The van der Waals surface area contributed by atoms with Crippen molar-refractivity contribution in [2.24, 2.45) is 0 Å². The van der Waals surface area contributed by atoms with Gasteiger partial charge in [0.15, 0.2) is 0 Å². The van der Waals surface area contributed by atoms with E-state index in [2.05, 4.69) is 0 Å². The second kappa shape index (κ2) is 7.69. The van der Waals surface area contributed by atoms with Gasteiger partial charge in [-0.25, -0.2) is 0 Å². The van der Waals surface area contributed by atoms with E-state index in [4.69, 9.17) is 0 Å². The number of phenols is 1. The molecular formula is C19H14O3Se2.